The molecule has 2 aromatic carbocycles. The molecule has 0 aliphatic rings. The Morgan fingerprint density at radius 2 is 2.04 bits per heavy atom. The topological polar surface area (TPSA) is 41.6 Å². The lowest BCUT2D eigenvalue weighted by Gasteiger charge is -2.25. The largest absolute Gasteiger partial charge is 0.497 e. The molecule has 128 valence electrons. The highest BCUT2D eigenvalue weighted by molar-refractivity contribution is 9.10. The van der Waals surface area contributed by atoms with E-state index in [1.54, 1.807) is 7.11 Å². The minimum absolute atomic E-state index is 0.0109. The predicted octanol–water partition coefficient (Wildman–Crippen LogP) is 3.63. The fraction of sp³-hybridized carbons (Fsp3) is 0.278. The number of benzene rings is 2. The number of amides is 1. The molecule has 0 aromatic heterocycles. The van der Waals surface area contributed by atoms with Crippen molar-refractivity contribution in [2.75, 3.05) is 27.7 Å². The molecule has 0 saturated carbocycles. The first-order chi connectivity index (χ1) is 11.4. The Bertz CT molecular complexity index is 722. The first-order valence-electron chi connectivity index (χ1n) is 7.46. The highest BCUT2D eigenvalue weighted by Crippen LogP contribution is 2.23. The molecule has 0 radical (unpaired) electrons. The van der Waals surface area contributed by atoms with Crippen molar-refractivity contribution in [2.24, 2.45) is 0 Å². The van der Waals surface area contributed by atoms with Gasteiger partial charge in [0.05, 0.1) is 18.7 Å². The molecule has 0 fully saturated rings. The van der Waals surface area contributed by atoms with Crippen LogP contribution in [0, 0.1) is 5.82 Å². The van der Waals surface area contributed by atoms with Gasteiger partial charge in [-0.15, -0.1) is 0 Å². The summed E-state index contributed by atoms with van der Waals surface area (Å²) >= 11 is 3.22. The van der Waals surface area contributed by atoms with Gasteiger partial charge in [0.2, 0.25) is 0 Å². The minimum Gasteiger partial charge on any atom is -0.497 e. The SMILES string of the molecule is COc1cccc(C(CNC(=O)c2ccc(F)cc2Br)N(C)C)c1. The van der Waals surface area contributed by atoms with Gasteiger partial charge in [0.25, 0.3) is 5.91 Å². The van der Waals surface area contributed by atoms with Crippen LogP contribution < -0.4 is 10.1 Å². The van der Waals surface area contributed by atoms with E-state index >= 15 is 0 Å². The van der Waals surface area contributed by atoms with Gasteiger partial charge >= 0.3 is 0 Å². The summed E-state index contributed by atoms with van der Waals surface area (Å²) in [5, 5.41) is 2.90. The molecule has 1 unspecified atom stereocenters. The normalized spacial score (nSPS) is 12.1. The van der Waals surface area contributed by atoms with E-state index in [9.17, 15) is 9.18 Å². The Kier molecular flexibility index (Phi) is 6.34. The maximum Gasteiger partial charge on any atom is 0.252 e. The third-order valence-corrected chi connectivity index (χ3v) is 4.39. The maximum absolute atomic E-state index is 13.1. The van der Waals surface area contributed by atoms with Gasteiger partial charge in [0.1, 0.15) is 11.6 Å². The van der Waals surface area contributed by atoms with Crippen LogP contribution in [0.3, 0.4) is 0 Å². The Morgan fingerprint density at radius 1 is 1.29 bits per heavy atom. The minimum atomic E-state index is -0.388. The van der Waals surface area contributed by atoms with Crippen molar-refractivity contribution in [1.82, 2.24) is 10.2 Å². The Labute approximate surface area is 149 Å². The number of hydrogen-bond acceptors (Lipinski definition) is 3. The molecule has 1 N–H and O–H groups in total. The van der Waals surface area contributed by atoms with Crippen molar-refractivity contribution in [2.45, 2.75) is 6.04 Å². The average Bonchev–Trinajstić information content (AvgIpc) is 2.54. The number of methoxy groups -OCH3 is 1. The summed E-state index contributed by atoms with van der Waals surface area (Å²) in [5.41, 5.74) is 1.44. The van der Waals surface area contributed by atoms with Crippen molar-refractivity contribution in [1.29, 1.82) is 0 Å². The number of carbonyl (C=O) groups is 1. The van der Waals surface area contributed by atoms with E-state index in [1.807, 2.05) is 43.3 Å². The van der Waals surface area contributed by atoms with Gasteiger partial charge in [0, 0.05) is 11.0 Å². The second kappa shape index (κ2) is 8.26. The van der Waals surface area contributed by atoms with Crippen LogP contribution in [0.15, 0.2) is 46.9 Å². The van der Waals surface area contributed by atoms with E-state index in [0.717, 1.165) is 11.3 Å². The molecule has 1 amide bonds. The van der Waals surface area contributed by atoms with Crippen LogP contribution in [-0.4, -0.2) is 38.6 Å². The summed E-state index contributed by atoms with van der Waals surface area (Å²) in [4.78, 5) is 14.4. The van der Waals surface area contributed by atoms with Crippen LogP contribution in [0.1, 0.15) is 22.0 Å². The van der Waals surface area contributed by atoms with Gasteiger partial charge in [-0.05, 0) is 65.9 Å². The van der Waals surface area contributed by atoms with Crippen molar-refractivity contribution in [3.8, 4) is 5.75 Å². The molecule has 0 heterocycles. The number of rotatable bonds is 6. The average molecular weight is 395 g/mol. The van der Waals surface area contributed by atoms with E-state index in [0.29, 0.717) is 16.6 Å². The van der Waals surface area contributed by atoms with Crippen LogP contribution in [0.4, 0.5) is 4.39 Å². The van der Waals surface area contributed by atoms with Crippen LogP contribution in [0.5, 0.6) is 5.75 Å². The Balaban J connectivity index is 2.12. The fourth-order valence-corrected chi connectivity index (χ4v) is 2.94. The van der Waals surface area contributed by atoms with Gasteiger partial charge in [-0.2, -0.15) is 0 Å². The summed E-state index contributed by atoms with van der Waals surface area (Å²) in [6, 6.07) is 11.7. The first-order valence-corrected chi connectivity index (χ1v) is 8.25. The Hall–Kier alpha value is -1.92. The van der Waals surface area contributed by atoms with Crippen LogP contribution >= 0.6 is 15.9 Å². The third-order valence-electron chi connectivity index (χ3n) is 3.73. The smallest absolute Gasteiger partial charge is 0.252 e. The van der Waals surface area contributed by atoms with Crippen molar-refractivity contribution in [3.05, 3.63) is 63.9 Å². The van der Waals surface area contributed by atoms with Gasteiger partial charge in [-0.1, -0.05) is 12.1 Å². The number of ether oxygens (including phenoxy) is 1. The lowest BCUT2D eigenvalue weighted by molar-refractivity contribution is 0.0941. The van der Waals surface area contributed by atoms with Crippen molar-refractivity contribution < 1.29 is 13.9 Å². The van der Waals surface area contributed by atoms with Gasteiger partial charge in [-0.25, -0.2) is 4.39 Å². The quantitative estimate of drug-likeness (QED) is 0.813. The molecule has 0 bridgehead atoms. The van der Waals surface area contributed by atoms with E-state index < -0.39 is 0 Å². The van der Waals surface area contributed by atoms with E-state index in [2.05, 4.69) is 21.2 Å². The third kappa shape index (κ3) is 4.55. The molecule has 0 spiro atoms. The number of nitrogens with zero attached hydrogens (tertiary/aromatic N) is 1. The highest BCUT2D eigenvalue weighted by Gasteiger charge is 2.17. The maximum atomic E-state index is 13.1. The molecule has 2 aromatic rings. The summed E-state index contributed by atoms with van der Waals surface area (Å²) < 4.78 is 18.8. The van der Waals surface area contributed by atoms with Crippen molar-refractivity contribution in [3.63, 3.8) is 0 Å². The van der Waals surface area contributed by atoms with Gasteiger partial charge < -0.3 is 15.0 Å². The lowest BCUT2D eigenvalue weighted by atomic mass is 10.1. The van der Waals surface area contributed by atoms with Crippen LogP contribution in [0.25, 0.3) is 0 Å². The molecule has 1 atom stereocenters. The zero-order valence-corrected chi connectivity index (χ0v) is 15.4. The molecule has 2 rings (SSSR count). The standard InChI is InChI=1S/C18H20BrFN2O2/c1-22(2)17(12-5-4-6-14(9-12)24-3)11-21-18(23)15-8-7-13(20)10-16(15)19/h4-10,17H,11H2,1-3H3,(H,21,23). The molecule has 4 nitrogen and oxygen atoms in total. The van der Waals surface area contributed by atoms with Crippen LogP contribution in [0.2, 0.25) is 0 Å². The molecular formula is C18H20BrFN2O2. The number of likely N-dealkylation sites (N-methyl/N-ethyl adjacent to an activating group) is 1. The predicted molar refractivity (Wildman–Crippen MR) is 95.9 cm³/mol. The lowest BCUT2D eigenvalue weighted by Crippen LogP contribution is -2.34. The second-order valence-corrected chi connectivity index (χ2v) is 6.44. The van der Waals surface area contributed by atoms with Gasteiger partial charge in [-0.3, -0.25) is 4.79 Å². The van der Waals surface area contributed by atoms with Gasteiger partial charge in [0.15, 0.2) is 0 Å². The number of hydrogen-bond donors (Lipinski definition) is 1. The van der Waals surface area contributed by atoms with E-state index in [4.69, 9.17) is 4.74 Å². The molecule has 0 aliphatic carbocycles. The first kappa shape index (κ1) is 18.4. The number of halogens is 2. The molecule has 24 heavy (non-hydrogen) atoms. The zero-order chi connectivity index (χ0) is 17.7. The highest BCUT2D eigenvalue weighted by atomic mass is 79.9. The molecule has 0 aliphatic heterocycles. The number of nitrogens with one attached hydrogen (secondary N) is 1. The number of carbonyl (C=O) groups excluding carboxylic acids is 1. The van der Waals surface area contributed by atoms with Crippen molar-refractivity contribution >= 4 is 21.8 Å². The fourth-order valence-electron chi connectivity index (χ4n) is 2.41. The molecule has 6 heteroatoms. The molecule has 0 saturated heterocycles. The zero-order valence-electron chi connectivity index (χ0n) is 13.8. The summed E-state index contributed by atoms with van der Waals surface area (Å²) in [6.07, 6.45) is 0. The summed E-state index contributed by atoms with van der Waals surface area (Å²) in [6.45, 7) is 0.419. The molecular weight excluding hydrogens is 375 g/mol. The van der Waals surface area contributed by atoms with E-state index in [1.165, 1.54) is 18.2 Å². The van der Waals surface area contributed by atoms with E-state index in [-0.39, 0.29) is 17.8 Å². The second-order valence-electron chi connectivity index (χ2n) is 5.59. The summed E-state index contributed by atoms with van der Waals surface area (Å²) in [5.74, 6) is 0.129. The summed E-state index contributed by atoms with van der Waals surface area (Å²) in [7, 11) is 5.52. The Morgan fingerprint density at radius 3 is 2.67 bits per heavy atom. The van der Waals surface area contributed by atoms with Crippen LogP contribution in [-0.2, 0) is 0 Å². The monoisotopic (exact) mass is 394 g/mol.